The molecule has 0 amide bonds. The Hall–Kier alpha value is 0.310. The fourth-order valence-electron chi connectivity index (χ4n) is 2.81. The van der Waals surface area contributed by atoms with Crippen molar-refractivity contribution in [3.8, 4) is 0 Å². The molecule has 0 aliphatic heterocycles. The van der Waals surface area contributed by atoms with Crippen molar-refractivity contribution in [1.82, 2.24) is 5.32 Å². The van der Waals surface area contributed by atoms with Crippen molar-refractivity contribution in [3.05, 3.63) is 0 Å². The van der Waals surface area contributed by atoms with Crippen LogP contribution in [0, 0.1) is 5.92 Å². The Bertz CT molecular complexity index is 164. The Balaban J connectivity index is 2.11. The van der Waals surface area contributed by atoms with Crippen molar-refractivity contribution in [3.63, 3.8) is 0 Å². The van der Waals surface area contributed by atoms with Crippen LogP contribution in [-0.4, -0.2) is 24.1 Å². The molecule has 1 aliphatic rings. The average Bonchev–Trinajstić information content (AvgIpc) is 2.29. The molecule has 1 aliphatic carbocycles. The normalized spacial score (nSPS) is 27.9. The second-order valence-electron chi connectivity index (χ2n) is 5.36. The molecular formula is C14H29NS. The van der Waals surface area contributed by atoms with Gasteiger partial charge in [-0.1, -0.05) is 19.8 Å². The van der Waals surface area contributed by atoms with Gasteiger partial charge in [0.2, 0.25) is 0 Å². The molecule has 1 N–H and O–H groups in total. The first-order valence-electron chi connectivity index (χ1n) is 7.01. The first-order chi connectivity index (χ1) is 7.76. The van der Waals surface area contributed by atoms with Gasteiger partial charge in [-0.3, -0.25) is 0 Å². The van der Waals surface area contributed by atoms with Crippen LogP contribution in [0.1, 0.15) is 58.8 Å². The highest BCUT2D eigenvalue weighted by molar-refractivity contribution is 7.98. The summed E-state index contributed by atoms with van der Waals surface area (Å²) >= 11 is 1.96. The molecule has 1 nitrogen and oxygen atoms in total. The van der Waals surface area contributed by atoms with Crippen LogP contribution in [0.5, 0.6) is 0 Å². The lowest BCUT2D eigenvalue weighted by molar-refractivity contribution is 0.265. The number of nitrogens with one attached hydrogen (secondary N) is 1. The second-order valence-corrected chi connectivity index (χ2v) is 6.34. The standard InChI is InChI=1S/C14H29NS/c1-4-5-13-6-8-14(9-7-13)15-12(2)10-11-16-3/h12-15H,4-11H2,1-3H3. The third-order valence-electron chi connectivity index (χ3n) is 3.82. The molecule has 0 spiro atoms. The molecule has 0 saturated heterocycles. The monoisotopic (exact) mass is 243 g/mol. The smallest absolute Gasteiger partial charge is 0.00697 e. The van der Waals surface area contributed by atoms with Crippen LogP contribution in [0.25, 0.3) is 0 Å². The summed E-state index contributed by atoms with van der Waals surface area (Å²) in [7, 11) is 0. The predicted octanol–water partition coefficient (Wildman–Crippen LogP) is 4.08. The van der Waals surface area contributed by atoms with E-state index in [9.17, 15) is 0 Å². The lowest BCUT2D eigenvalue weighted by Crippen LogP contribution is -2.39. The minimum Gasteiger partial charge on any atom is -0.311 e. The fourth-order valence-corrected chi connectivity index (χ4v) is 3.40. The largest absolute Gasteiger partial charge is 0.311 e. The number of hydrogen-bond acceptors (Lipinski definition) is 2. The Kier molecular flexibility index (Phi) is 7.55. The summed E-state index contributed by atoms with van der Waals surface area (Å²) in [4.78, 5) is 0. The molecule has 1 fully saturated rings. The second kappa shape index (κ2) is 8.41. The van der Waals surface area contributed by atoms with Gasteiger partial charge in [0.1, 0.15) is 0 Å². The number of hydrogen-bond donors (Lipinski definition) is 1. The van der Waals surface area contributed by atoms with Crippen molar-refractivity contribution in [2.45, 2.75) is 70.9 Å². The SMILES string of the molecule is CCCC1CCC(NC(C)CCSC)CC1. The van der Waals surface area contributed by atoms with Gasteiger partial charge >= 0.3 is 0 Å². The van der Waals surface area contributed by atoms with E-state index in [0.29, 0.717) is 6.04 Å². The molecule has 96 valence electrons. The van der Waals surface area contributed by atoms with Crippen LogP contribution in [0.4, 0.5) is 0 Å². The van der Waals surface area contributed by atoms with E-state index >= 15 is 0 Å². The van der Waals surface area contributed by atoms with E-state index in [4.69, 9.17) is 0 Å². The van der Waals surface area contributed by atoms with Crippen LogP contribution in [0.3, 0.4) is 0 Å². The third kappa shape index (κ3) is 5.58. The maximum atomic E-state index is 3.80. The van der Waals surface area contributed by atoms with Crippen molar-refractivity contribution in [2.24, 2.45) is 5.92 Å². The highest BCUT2D eigenvalue weighted by atomic mass is 32.2. The van der Waals surface area contributed by atoms with Gasteiger partial charge in [0.05, 0.1) is 0 Å². The minimum atomic E-state index is 0.708. The van der Waals surface area contributed by atoms with E-state index in [0.717, 1.165) is 12.0 Å². The predicted molar refractivity (Wildman–Crippen MR) is 76.3 cm³/mol. The van der Waals surface area contributed by atoms with Gasteiger partial charge in [-0.2, -0.15) is 11.8 Å². The van der Waals surface area contributed by atoms with E-state index in [1.807, 2.05) is 11.8 Å². The molecule has 0 radical (unpaired) electrons. The maximum absolute atomic E-state index is 3.80. The fraction of sp³-hybridized carbons (Fsp3) is 1.00. The zero-order valence-electron chi connectivity index (χ0n) is 11.3. The maximum Gasteiger partial charge on any atom is 0.00697 e. The molecule has 1 saturated carbocycles. The molecule has 0 heterocycles. The van der Waals surface area contributed by atoms with Crippen molar-refractivity contribution in [2.75, 3.05) is 12.0 Å². The summed E-state index contributed by atoms with van der Waals surface area (Å²) in [6, 6.07) is 1.52. The topological polar surface area (TPSA) is 12.0 Å². The van der Waals surface area contributed by atoms with E-state index in [1.54, 1.807) is 0 Å². The van der Waals surface area contributed by atoms with Gasteiger partial charge < -0.3 is 5.32 Å². The Morgan fingerprint density at radius 3 is 2.50 bits per heavy atom. The number of thioether (sulfide) groups is 1. The first-order valence-corrected chi connectivity index (χ1v) is 8.40. The van der Waals surface area contributed by atoms with Crippen LogP contribution >= 0.6 is 11.8 Å². The Morgan fingerprint density at radius 1 is 1.25 bits per heavy atom. The van der Waals surface area contributed by atoms with Gasteiger partial charge in [-0.05, 0) is 57.0 Å². The van der Waals surface area contributed by atoms with Gasteiger partial charge in [0, 0.05) is 12.1 Å². The molecule has 0 aromatic heterocycles. The molecule has 1 atom stereocenters. The zero-order chi connectivity index (χ0) is 11.8. The van der Waals surface area contributed by atoms with Crippen LogP contribution < -0.4 is 5.32 Å². The van der Waals surface area contributed by atoms with Crippen LogP contribution in [0.2, 0.25) is 0 Å². The summed E-state index contributed by atoms with van der Waals surface area (Å²) in [6.45, 7) is 4.66. The summed E-state index contributed by atoms with van der Waals surface area (Å²) in [5.41, 5.74) is 0. The van der Waals surface area contributed by atoms with Crippen molar-refractivity contribution >= 4 is 11.8 Å². The lowest BCUT2D eigenvalue weighted by Gasteiger charge is -2.31. The quantitative estimate of drug-likeness (QED) is 0.723. The van der Waals surface area contributed by atoms with Gasteiger partial charge in [-0.15, -0.1) is 0 Å². The molecule has 0 bridgehead atoms. The molecule has 0 aromatic rings. The van der Waals surface area contributed by atoms with Crippen LogP contribution in [-0.2, 0) is 0 Å². The van der Waals surface area contributed by atoms with Gasteiger partial charge in [0.25, 0.3) is 0 Å². The van der Waals surface area contributed by atoms with Gasteiger partial charge in [-0.25, -0.2) is 0 Å². The molecular weight excluding hydrogens is 214 g/mol. The van der Waals surface area contributed by atoms with E-state index in [1.165, 1.54) is 50.7 Å². The minimum absolute atomic E-state index is 0.708. The zero-order valence-corrected chi connectivity index (χ0v) is 12.1. The highest BCUT2D eigenvalue weighted by Crippen LogP contribution is 2.28. The van der Waals surface area contributed by atoms with E-state index < -0.39 is 0 Å². The summed E-state index contributed by atoms with van der Waals surface area (Å²) in [5.74, 6) is 2.32. The summed E-state index contributed by atoms with van der Waals surface area (Å²) in [6.07, 6.45) is 12.1. The van der Waals surface area contributed by atoms with Gasteiger partial charge in [0.15, 0.2) is 0 Å². The third-order valence-corrected chi connectivity index (χ3v) is 4.46. The average molecular weight is 243 g/mol. The van der Waals surface area contributed by atoms with E-state index in [-0.39, 0.29) is 0 Å². The highest BCUT2D eigenvalue weighted by Gasteiger charge is 2.21. The molecule has 1 rings (SSSR count). The summed E-state index contributed by atoms with van der Waals surface area (Å²) in [5, 5.41) is 3.80. The molecule has 1 unspecified atom stereocenters. The van der Waals surface area contributed by atoms with E-state index in [2.05, 4.69) is 25.4 Å². The van der Waals surface area contributed by atoms with Crippen molar-refractivity contribution < 1.29 is 0 Å². The van der Waals surface area contributed by atoms with Crippen molar-refractivity contribution in [1.29, 1.82) is 0 Å². The lowest BCUT2D eigenvalue weighted by atomic mass is 9.83. The first kappa shape index (κ1) is 14.4. The Morgan fingerprint density at radius 2 is 1.94 bits per heavy atom. The molecule has 2 heteroatoms. The Labute approximate surface area is 106 Å². The summed E-state index contributed by atoms with van der Waals surface area (Å²) < 4.78 is 0. The van der Waals surface area contributed by atoms with Crippen LogP contribution in [0.15, 0.2) is 0 Å². The molecule has 16 heavy (non-hydrogen) atoms. The number of rotatable bonds is 7. The molecule has 0 aromatic carbocycles.